The van der Waals surface area contributed by atoms with Gasteiger partial charge < -0.3 is 5.73 Å². The minimum atomic E-state index is -4.39. The summed E-state index contributed by atoms with van der Waals surface area (Å²) in [6.07, 6.45) is -1.97. The van der Waals surface area contributed by atoms with Crippen molar-refractivity contribution in [3.05, 3.63) is 65.2 Å². The second-order valence-corrected chi connectivity index (χ2v) is 4.03. The number of nitrogens with two attached hydrogens (primary N) is 1. The highest BCUT2D eigenvalue weighted by Gasteiger charge is 2.30. The molecule has 1 heterocycles. The quantitative estimate of drug-likeness (QED) is 0.850. The molecule has 0 fully saturated rings. The van der Waals surface area contributed by atoms with Gasteiger partial charge in [0.1, 0.15) is 5.82 Å². The van der Waals surface area contributed by atoms with E-state index in [0.717, 1.165) is 18.3 Å². The molecule has 2 nitrogen and oxygen atoms in total. The minimum absolute atomic E-state index is 0.403. The Balaban J connectivity index is 2.27. The predicted molar refractivity (Wildman–Crippen MR) is 61.7 cm³/mol. The molecule has 2 rings (SSSR count). The van der Waals surface area contributed by atoms with E-state index in [1.807, 2.05) is 0 Å². The monoisotopic (exact) mass is 270 g/mol. The largest absolute Gasteiger partial charge is 0.416 e. The molecule has 6 heteroatoms. The van der Waals surface area contributed by atoms with Gasteiger partial charge in [0.25, 0.3) is 0 Å². The number of aromatic nitrogens is 1. The molecule has 0 aliphatic rings. The molecule has 0 saturated heterocycles. The maximum absolute atomic E-state index is 13.0. The molecule has 100 valence electrons. The number of alkyl halides is 3. The summed E-state index contributed by atoms with van der Waals surface area (Å²) in [7, 11) is 0. The van der Waals surface area contributed by atoms with Crippen molar-refractivity contribution in [3.8, 4) is 0 Å². The van der Waals surface area contributed by atoms with Gasteiger partial charge >= 0.3 is 6.18 Å². The Hall–Kier alpha value is -1.95. The summed E-state index contributed by atoms with van der Waals surface area (Å²) >= 11 is 0. The van der Waals surface area contributed by atoms with Crippen LogP contribution in [0, 0.1) is 5.82 Å². The van der Waals surface area contributed by atoms with E-state index >= 15 is 0 Å². The first kappa shape index (κ1) is 13.5. The van der Waals surface area contributed by atoms with Crippen LogP contribution in [-0.4, -0.2) is 4.98 Å². The average molecular weight is 270 g/mol. The van der Waals surface area contributed by atoms with Gasteiger partial charge in [0.15, 0.2) is 0 Å². The second-order valence-electron chi connectivity index (χ2n) is 4.03. The fraction of sp³-hybridized carbons (Fsp3) is 0.154. The lowest BCUT2D eigenvalue weighted by atomic mass is 10.00. The Labute approximate surface area is 106 Å². The van der Waals surface area contributed by atoms with Gasteiger partial charge in [-0.05, 0) is 29.3 Å². The summed E-state index contributed by atoms with van der Waals surface area (Å²) in [4.78, 5) is 3.65. The van der Waals surface area contributed by atoms with Crippen LogP contribution in [0.1, 0.15) is 22.7 Å². The number of hydrogen-bond acceptors (Lipinski definition) is 2. The summed E-state index contributed by atoms with van der Waals surface area (Å²) in [5.41, 5.74) is 5.97. The first-order valence-corrected chi connectivity index (χ1v) is 5.41. The molecule has 0 amide bonds. The van der Waals surface area contributed by atoms with E-state index in [2.05, 4.69) is 4.98 Å². The van der Waals surface area contributed by atoms with Gasteiger partial charge in [-0.3, -0.25) is 4.98 Å². The third-order valence-corrected chi connectivity index (χ3v) is 2.68. The van der Waals surface area contributed by atoms with Crippen LogP contribution in [0.4, 0.5) is 17.6 Å². The zero-order valence-electron chi connectivity index (χ0n) is 9.66. The molecule has 0 radical (unpaired) electrons. The maximum Gasteiger partial charge on any atom is 0.416 e. The van der Waals surface area contributed by atoms with E-state index < -0.39 is 23.6 Å². The molecule has 0 saturated carbocycles. The van der Waals surface area contributed by atoms with Gasteiger partial charge in [0.2, 0.25) is 0 Å². The number of rotatable bonds is 2. The summed E-state index contributed by atoms with van der Waals surface area (Å²) in [6.45, 7) is 0. The highest BCUT2D eigenvalue weighted by atomic mass is 19.4. The molecule has 2 aromatic rings. The number of pyridine rings is 1. The topological polar surface area (TPSA) is 38.9 Å². The van der Waals surface area contributed by atoms with Crippen LogP contribution in [0.15, 0.2) is 42.7 Å². The maximum atomic E-state index is 13.0. The Morgan fingerprint density at radius 1 is 1.00 bits per heavy atom. The van der Waals surface area contributed by atoms with Crippen LogP contribution in [0.3, 0.4) is 0 Å². The van der Waals surface area contributed by atoms with Crippen molar-refractivity contribution in [2.24, 2.45) is 5.73 Å². The molecule has 0 aliphatic carbocycles. The van der Waals surface area contributed by atoms with Gasteiger partial charge in [-0.25, -0.2) is 4.39 Å². The molecular formula is C13H10F4N2. The molecular weight excluding hydrogens is 260 g/mol. The summed E-state index contributed by atoms with van der Waals surface area (Å²) in [5, 5.41) is 0. The molecule has 0 spiro atoms. The van der Waals surface area contributed by atoms with Crippen LogP contribution in [-0.2, 0) is 6.18 Å². The molecule has 1 unspecified atom stereocenters. The van der Waals surface area contributed by atoms with Crippen LogP contribution >= 0.6 is 0 Å². The standard InChI is InChI=1S/C13H10F4N2/c14-11-5-9(6-19-7-11)12(18)8-1-3-10(4-2-8)13(15,16)17/h1-7,12H,18H2. The zero-order valence-corrected chi connectivity index (χ0v) is 9.66. The van der Waals surface area contributed by atoms with E-state index in [-0.39, 0.29) is 0 Å². The molecule has 0 aliphatic heterocycles. The lowest BCUT2D eigenvalue weighted by molar-refractivity contribution is -0.137. The smallest absolute Gasteiger partial charge is 0.320 e. The Morgan fingerprint density at radius 2 is 1.63 bits per heavy atom. The average Bonchev–Trinajstić information content (AvgIpc) is 2.37. The Morgan fingerprint density at radius 3 is 2.16 bits per heavy atom. The summed E-state index contributed by atoms with van der Waals surface area (Å²) in [6, 6.07) is 4.93. The van der Waals surface area contributed by atoms with E-state index in [0.29, 0.717) is 11.1 Å². The number of halogens is 4. The first-order valence-electron chi connectivity index (χ1n) is 5.41. The molecule has 1 atom stereocenters. The number of nitrogens with zero attached hydrogens (tertiary/aromatic N) is 1. The first-order chi connectivity index (χ1) is 8.88. The molecule has 2 N–H and O–H groups in total. The van der Waals surface area contributed by atoms with E-state index in [4.69, 9.17) is 5.73 Å². The van der Waals surface area contributed by atoms with Crippen LogP contribution in [0.2, 0.25) is 0 Å². The second kappa shape index (κ2) is 4.97. The van der Waals surface area contributed by atoms with Crippen LogP contribution < -0.4 is 5.73 Å². The summed E-state index contributed by atoms with van der Waals surface area (Å²) < 4.78 is 50.2. The Kier molecular flexibility index (Phi) is 3.53. The lowest BCUT2D eigenvalue weighted by Gasteiger charge is -2.13. The van der Waals surface area contributed by atoms with Crippen molar-refractivity contribution in [1.29, 1.82) is 0 Å². The van der Waals surface area contributed by atoms with E-state index in [1.54, 1.807) is 0 Å². The van der Waals surface area contributed by atoms with Gasteiger partial charge in [-0.2, -0.15) is 13.2 Å². The van der Waals surface area contributed by atoms with E-state index in [1.165, 1.54) is 24.4 Å². The molecule has 0 bridgehead atoms. The lowest BCUT2D eigenvalue weighted by Crippen LogP contribution is -2.13. The van der Waals surface area contributed by atoms with Gasteiger partial charge in [-0.1, -0.05) is 12.1 Å². The molecule has 1 aromatic heterocycles. The van der Waals surface area contributed by atoms with Crippen molar-refractivity contribution < 1.29 is 17.6 Å². The van der Waals surface area contributed by atoms with Crippen LogP contribution in [0.25, 0.3) is 0 Å². The van der Waals surface area contributed by atoms with Gasteiger partial charge in [0, 0.05) is 6.20 Å². The zero-order chi connectivity index (χ0) is 14.0. The molecule has 1 aromatic carbocycles. The predicted octanol–water partition coefficient (Wildman–Crippen LogP) is 3.29. The minimum Gasteiger partial charge on any atom is -0.320 e. The van der Waals surface area contributed by atoms with Crippen molar-refractivity contribution in [2.75, 3.05) is 0 Å². The molecule has 19 heavy (non-hydrogen) atoms. The summed E-state index contributed by atoms with van der Waals surface area (Å²) in [5.74, 6) is -0.542. The third-order valence-electron chi connectivity index (χ3n) is 2.68. The van der Waals surface area contributed by atoms with Crippen molar-refractivity contribution in [2.45, 2.75) is 12.2 Å². The van der Waals surface area contributed by atoms with Gasteiger partial charge in [-0.15, -0.1) is 0 Å². The van der Waals surface area contributed by atoms with Crippen molar-refractivity contribution in [1.82, 2.24) is 4.98 Å². The number of hydrogen-bond donors (Lipinski definition) is 1. The fourth-order valence-corrected chi connectivity index (χ4v) is 1.67. The van der Waals surface area contributed by atoms with Crippen molar-refractivity contribution in [3.63, 3.8) is 0 Å². The van der Waals surface area contributed by atoms with E-state index in [9.17, 15) is 17.6 Å². The highest BCUT2D eigenvalue weighted by molar-refractivity contribution is 5.32. The number of benzene rings is 1. The Bertz CT molecular complexity index is 564. The van der Waals surface area contributed by atoms with Crippen LogP contribution in [0.5, 0.6) is 0 Å². The SMILES string of the molecule is NC(c1ccc(C(F)(F)F)cc1)c1cncc(F)c1. The third kappa shape index (κ3) is 3.08. The van der Waals surface area contributed by atoms with Crippen molar-refractivity contribution >= 4 is 0 Å². The normalized spacial score (nSPS) is 13.3. The van der Waals surface area contributed by atoms with Gasteiger partial charge in [0.05, 0.1) is 17.8 Å². The fourth-order valence-electron chi connectivity index (χ4n) is 1.67. The highest BCUT2D eigenvalue weighted by Crippen LogP contribution is 2.30.